The maximum absolute atomic E-state index is 4.37. The zero-order valence-corrected chi connectivity index (χ0v) is 7.89. The third-order valence-electron chi connectivity index (χ3n) is 1.76. The SMILES string of the molecule is CCc1cc(NC)nc(CC)n1. The minimum absolute atomic E-state index is 0.891. The van der Waals surface area contributed by atoms with Crippen molar-refractivity contribution in [2.75, 3.05) is 12.4 Å². The second-order valence-electron chi connectivity index (χ2n) is 2.62. The zero-order valence-electron chi connectivity index (χ0n) is 7.89. The Labute approximate surface area is 73.2 Å². The smallest absolute Gasteiger partial charge is 0.130 e. The fourth-order valence-electron chi connectivity index (χ4n) is 1.02. The molecular weight excluding hydrogens is 150 g/mol. The first-order valence-corrected chi connectivity index (χ1v) is 4.34. The number of hydrogen-bond acceptors (Lipinski definition) is 3. The first kappa shape index (κ1) is 8.97. The number of hydrogen-bond donors (Lipinski definition) is 1. The van der Waals surface area contributed by atoms with Crippen LogP contribution in [0.1, 0.15) is 25.4 Å². The van der Waals surface area contributed by atoms with Gasteiger partial charge in [-0.2, -0.15) is 0 Å². The van der Waals surface area contributed by atoms with Crippen LogP contribution >= 0.6 is 0 Å². The van der Waals surface area contributed by atoms with Gasteiger partial charge < -0.3 is 5.32 Å². The Balaban J connectivity index is 3.01. The van der Waals surface area contributed by atoms with Crippen molar-refractivity contribution in [3.8, 4) is 0 Å². The number of rotatable bonds is 3. The number of nitrogens with one attached hydrogen (secondary N) is 1. The minimum Gasteiger partial charge on any atom is -0.373 e. The van der Waals surface area contributed by atoms with Crippen LogP contribution < -0.4 is 5.32 Å². The normalized spacial score (nSPS) is 9.92. The molecule has 1 N–H and O–H groups in total. The van der Waals surface area contributed by atoms with Crippen molar-refractivity contribution in [2.45, 2.75) is 26.7 Å². The highest BCUT2D eigenvalue weighted by Crippen LogP contribution is 2.06. The summed E-state index contributed by atoms with van der Waals surface area (Å²) in [6, 6.07) is 1.99. The summed E-state index contributed by atoms with van der Waals surface area (Å²) in [4.78, 5) is 8.66. The average Bonchev–Trinajstić information content (AvgIpc) is 2.16. The van der Waals surface area contributed by atoms with Crippen LogP contribution in [-0.4, -0.2) is 17.0 Å². The van der Waals surface area contributed by atoms with E-state index in [9.17, 15) is 0 Å². The number of nitrogens with zero attached hydrogens (tertiary/aromatic N) is 2. The topological polar surface area (TPSA) is 37.8 Å². The summed E-state index contributed by atoms with van der Waals surface area (Å²) in [5, 5.41) is 3.03. The Morgan fingerprint density at radius 2 is 2.00 bits per heavy atom. The lowest BCUT2D eigenvalue weighted by atomic mass is 10.3. The lowest BCUT2D eigenvalue weighted by molar-refractivity contribution is 0.890. The van der Waals surface area contributed by atoms with E-state index < -0.39 is 0 Å². The molecule has 3 nitrogen and oxygen atoms in total. The molecule has 0 aliphatic carbocycles. The summed E-state index contributed by atoms with van der Waals surface area (Å²) in [5.41, 5.74) is 1.10. The summed E-state index contributed by atoms with van der Waals surface area (Å²) in [5.74, 6) is 1.83. The fraction of sp³-hybridized carbons (Fsp3) is 0.556. The molecule has 0 aliphatic rings. The van der Waals surface area contributed by atoms with Crippen molar-refractivity contribution in [3.63, 3.8) is 0 Å². The quantitative estimate of drug-likeness (QED) is 0.740. The van der Waals surface area contributed by atoms with E-state index in [0.717, 1.165) is 30.2 Å². The Morgan fingerprint density at radius 3 is 2.50 bits per heavy atom. The summed E-state index contributed by atoms with van der Waals surface area (Å²) >= 11 is 0. The van der Waals surface area contributed by atoms with Crippen molar-refractivity contribution in [2.24, 2.45) is 0 Å². The molecule has 0 saturated carbocycles. The van der Waals surface area contributed by atoms with Crippen LogP contribution in [-0.2, 0) is 12.8 Å². The van der Waals surface area contributed by atoms with Crippen LogP contribution in [0.2, 0.25) is 0 Å². The largest absolute Gasteiger partial charge is 0.373 e. The molecule has 0 saturated heterocycles. The Hall–Kier alpha value is -1.12. The molecule has 0 bridgehead atoms. The zero-order chi connectivity index (χ0) is 8.97. The van der Waals surface area contributed by atoms with Crippen LogP contribution in [0.25, 0.3) is 0 Å². The van der Waals surface area contributed by atoms with Crippen molar-refractivity contribution in [1.82, 2.24) is 9.97 Å². The molecule has 1 heterocycles. The first-order chi connectivity index (χ1) is 5.80. The van der Waals surface area contributed by atoms with Gasteiger partial charge in [0.1, 0.15) is 11.6 Å². The second-order valence-corrected chi connectivity index (χ2v) is 2.62. The van der Waals surface area contributed by atoms with Crippen molar-refractivity contribution in [1.29, 1.82) is 0 Å². The van der Waals surface area contributed by atoms with E-state index in [1.807, 2.05) is 13.1 Å². The molecule has 0 amide bonds. The van der Waals surface area contributed by atoms with Crippen molar-refractivity contribution >= 4 is 5.82 Å². The van der Waals surface area contributed by atoms with E-state index in [1.165, 1.54) is 0 Å². The van der Waals surface area contributed by atoms with Crippen LogP contribution in [0, 0.1) is 0 Å². The third-order valence-corrected chi connectivity index (χ3v) is 1.76. The van der Waals surface area contributed by atoms with Gasteiger partial charge in [-0.3, -0.25) is 0 Å². The number of aromatic nitrogens is 2. The van der Waals surface area contributed by atoms with Gasteiger partial charge >= 0.3 is 0 Å². The maximum atomic E-state index is 4.37. The molecule has 66 valence electrons. The van der Waals surface area contributed by atoms with Crippen LogP contribution in [0.15, 0.2) is 6.07 Å². The summed E-state index contributed by atoms with van der Waals surface area (Å²) in [6.07, 6.45) is 1.85. The molecule has 1 rings (SSSR count). The predicted molar refractivity (Wildman–Crippen MR) is 50.3 cm³/mol. The van der Waals surface area contributed by atoms with Crippen LogP contribution in [0.4, 0.5) is 5.82 Å². The summed E-state index contributed by atoms with van der Waals surface area (Å²) in [6.45, 7) is 4.16. The number of anilines is 1. The minimum atomic E-state index is 0.891. The van der Waals surface area contributed by atoms with Crippen molar-refractivity contribution in [3.05, 3.63) is 17.6 Å². The van der Waals surface area contributed by atoms with E-state index in [2.05, 4.69) is 29.1 Å². The van der Waals surface area contributed by atoms with Gasteiger partial charge in [-0.25, -0.2) is 9.97 Å². The van der Waals surface area contributed by atoms with E-state index in [4.69, 9.17) is 0 Å². The molecular formula is C9H15N3. The van der Waals surface area contributed by atoms with Gasteiger partial charge in [0, 0.05) is 25.2 Å². The third kappa shape index (κ3) is 1.94. The molecule has 0 aliphatic heterocycles. The van der Waals surface area contributed by atoms with E-state index >= 15 is 0 Å². The Bertz CT molecular complexity index is 203. The highest BCUT2D eigenvalue weighted by molar-refractivity contribution is 5.35. The monoisotopic (exact) mass is 165 g/mol. The lowest BCUT2D eigenvalue weighted by Gasteiger charge is -2.04. The standard InChI is InChI=1S/C9H15N3/c1-4-7-6-9(10-3)12-8(5-2)11-7/h6H,4-5H2,1-3H3,(H,10,11,12). The van der Waals surface area contributed by atoms with Crippen LogP contribution in [0.3, 0.4) is 0 Å². The average molecular weight is 165 g/mol. The van der Waals surface area contributed by atoms with E-state index in [1.54, 1.807) is 0 Å². The molecule has 3 heteroatoms. The second kappa shape index (κ2) is 4.04. The highest BCUT2D eigenvalue weighted by atomic mass is 15.0. The molecule has 0 spiro atoms. The molecule has 0 unspecified atom stereocenters. The molecule has 12 heavy (non-hydrogen) atoms. The van der Waals surface area contributed by atoms with Crippen molar-refractivity contribution < 1.29 is 0 Å². The molecule has 0 aromatic carbocycles. The van der Waals surface area contributed by atoms with Gasteiger partial charge in [-0.15, -0.1) is 0 Å². The highest BCUT2D eigenvalue weighted by Gasteiger charge is 1.99. The molecule has 0 radical (unpaired) electrons. The van der Waals surface area contributed by atoms with Gasteiger partial charge in [0.2, 0.25) is 0 Å². The molecule has 0 atom stereocenters. The molecule has 1 aromatic heterocycles. The van der Waals surface area contributed by atoms with Gasteiger partial charge in [0.25, 0.3) is 0 Å². The number of aryl methyl sites for hydroxylation is 2. The van der Waals surface area contributed by atoms with E-state index in [0.29, 0.717) is 0 Å². The maximum Gasteiger partial charge on any atom is 0.130 e. The Morgan fingerprint density at radius 1 is 1.25 bits per heavy atom. The molecule has 0 fully saturated rings. The van der Waals surface area contributed by atoms with Crippen LogP contribution in [0.5, 0.6) is 0 Å². The lowest BCUT2D eigenvalue weighted by Crippen LogP contribution is -2.01. The molecule has 1 aromatic rings. The predicted octanol–water partition coefficient (Wildman–Crippen LogP) is 1.64. The van der Waals surface area contributed by atoms with Gasteiger partial charge in [0.15, 0.2) is 0 Å². The van der Waals surface area contributed by atoms with Gasteiger partial charge in [-0.1, -0.05) is 13.8 Å². The van der Waals surface area contributed by atoms with Gasteiger partial charge in [-0.05, 0) is 6.42 Å². The van der Waals surface area contributed by atoms with Gasteiger partial charge in [0.05, 0.1) is 0 Å². The fourth-order valence-corrected chi connectivity index (χ4v) is 1.02. The van der Waals surface area contributed by atoms with E-state index in [-0.39, 0.29) is 0 Å². The summed E-state index contributed by atoms with van der Waals surface area (Å²) < 4.78 is 0. The first-order valence-electron chi connectivity index (χ1n) is 4.34. The summed E-state index contributed by atoms with van der Waals surface area (Å²) in [7, 11) is 1.88. The Kier molecular flexibility index (Phi) is 3.02.